The molecule has 1 aromatic carbocycles. The highest BCUT2D eigenvalue weighted by Crippen LogP contribution is 2.14. The molecule has 0 saturated carbocycles. The third kappa shape index (κ3) is 3.80. The van der Waals surface area contributed by atoms with Gasteiger partial charge < -0.3 is 10.4 Å². The number of nitrogens with zero attached hydrogens (tertiary/aromatic N) is 3. The molecule has 21 heavy (non-hydrogen) atoms. The van der Waals surface area contributed by atoms with Crippen LogP contribution in [0.5, 0.6) is 0 Å². The fourth-order valence-corrected chi connectivity index (χ4v) is 2.05. The van der Waals surface area contributed by atoms with Crippen LogP contribution in [0.4, 0.5) is 0 Å². The summed E-state index contributed by atoms with van der Waals surface area (Å²) in [4.78, 5) is 13.5. The standard InChI is InChI=1S/C14H17ClN4O2/c1-9(6-7-20)16-14(21)13-10(2)17-19(18-13)12-5-3-4-11(15)8-12/h3-5,8-9,20H,6-7H2,1-2H3,(H,16,21). The van der Waals surface area contributed by atoms with Crippen LogP contribution >= 0.6 is 11.6 Å². The monoisotopic (exact) mass is 308 g/mol. The Morgan fingerprint density at radius 2 is 2.24 bits per heavy atom. The van der Waals surface area contributed by atoms with Crippen molar-refractivity contribution in [3.8, 4) is 5.69 Å². The summed E-state index contributed by atoms with van der Waals surface area (Å²) in [5.74, 6) is -0.304. The molecule has 1 aromatic heterocycles. The molecular weight excluding hydrogens is 292 g/mol. The second kappa shape index (κ2) is 6.69. The minimum Gasteiger partial charge on any atom is -0.396 e. The maximum Gasteiger partial charge on any atom is 0.273 e. The van der Waals surface area contributed by atoms with Gasteiger partial charge in [0.15, 0.2) is 5.69 Å². The molecule has 1 atom stereocenters. The van der Waals surface area contributed by atoms with Crippen LogP contribution in [0.25, 0.3) is 5.69 Å². The van der Waals surface area contributed by atoms with E-state index in [4.69, 9.17) is 16.7 Å². The van der Waals surface area contributed by atoms with Gasteiger partial charge in [-0.2, -0.15) is 9.90 Å². The smallest absolute Gasteiger partial charge is 0.273 e. The molecule has 1 amide bonds. The zero-order chi connectivity index (χ0) is 15.4. The lowest BCUT2D eigenvalue weighted by Crippen LogP contribution is -2.33. The summed E-state index contributed by atoms with van der Waals surface area (Å²) < 4.78 is 0. The first-order valence-electron chi connectivity index (χ1n) is 6.63. The van der Waals surface area contributed by atoms with E-state index < -0.39 is 0 Å². The largest absolute Gasteiger partial charge is 0.396 e. The predicted molar refractivity (Wildman–Crippen MR) is 79.7 cm³/mol. The summed E-state index contributed by atoms with van der Waals surface area (Å²) in [5.41, 5.74) is 1.48. The van der Waals surface area contributed by atoms with Crippen molar-refractivity contribution in [2.45, 2.75) is 26.3 Å². The molecule has 0 spiro atoms. The van der Waals surface area contributed by atoms with Crippen molar-refractivity contribution in [1.82, 2.24) is 20.3 Å². The summed E-state index contributed by atoms with van der Waals surface area (Å²) in [5, 5.41) is 20.6. The molecule has 112 valence electrons. The molecular formula is C14H17ClN4O2. The third-order valence-corrected chi connectivity index (χ3v) is 3.21. The molecule has 2 N–H and O–H groups in total. The Balaban J connectivity index is 2.21. The summed E-state index contributed by atoms with van der Waals surface area (Å²) in [6.45, 7) is 3.57. The van der Waals surface area contributed by atoms with Crippen LogP contribution in [0.3, 0.4) is 0 Å². The maximum absolute atomic E-state index is 12.1. The van der Waals surface area contributed by atoms with Gasteiger partial charge >= 0.3 is 0 Å². The van der Waals surface area contributed by atoms with Crippen LogP contribution in [0.15, 0.2) is 24.3 Å². The number of benzene rings is 1. The third-order valence-electron chi connectivity index (χ3n) is 2.98. The first-order chi connectivity index (χ1) is 10.0. The number of hydrogen-bond donors (Lipinski definition) is 2. The average Bonchev–Trinajstić information content (AvgIpc) is 2.81. The molecule has 0 saturated heterocycles. The summed E-state index contributed by atoms with van der Waals surface area (Å²) in [7, 11) is 0. The zero-order valence-electron chi connectivity index (χ0n) is 11.9. The van der Waals surface area contributed by atoms with E-state index in [-0.39, 0.29) is 24.2 Å². The minimum atomic E-state index is -0.304. The zero-order valence-corrected chi connectivity index (χ0v) is 12.6. The number of hydrogen-bond acceptors (Lipinski definition) is 4. The average molecular weight is 309 g/mol. The van der Waals surface area contributed by atoms with Crippen molar-refractivity contribution < 1.29 is 9.90 Å². The first-order valence-corrected chi connectivity index (χ1v) is 7.00. The van der Waals surface area contributed by atoms with Gasteiger partial charge in [-0.05, 0) is 38.5 Å². The second-order valence-electron chi connectivity index (χ2n) is 4.79. The van der Waals surface area contributed by atoms with E-state index in [0.29, 0.717) is 22.8 Å². The highest BCUT2D eigenvalue weighted by atomic mass is 35.5. The van der Waals surface area contributed by atoms with E-state index in [9.17, 15) is 4.79 Å². The van der Waals surface area contributed by atoms with Crippen LogP contribution in [-0.2, 0) is 0 Å². The van der Waals surface area contributed by atoms with Crippen molar-refractivity contribution in [2.75, 3.05) is 6.61 Å². The maximum atomic E-state index is 12.1. The topological polar surface area (TPSA) is 80.0 Å². The number of halogens is 1. The Bertz CT molecular complexity index is 642. The van der Waals surface area contributed by atoms with Crippen molar-refractivity contribution in [1.29, 1.82) is 0 Å². The fraction of sp³-hybridized carbons (Fsp3) is 0.357. The van der Waals surface area contributed by atoms with Gasteiger partial charge in [0.25, 0.3) is 5.91 Å². The fourth-order valence-electron chi connectivity index (χ4n) is 1.86. The van der Waals surface area contributed by atoms with Gasteiger partial charge in [-0.1, -0.05) is 17.7 Å². The molecule has 0 aliphatic rings. The van der Waals surface area contributed by atoms with E-state index in [0.717, 1.165) is 0 Å². The molecule has 0 radical (unpaired) electrons. The van der Waals surface area contributed by atoms with E-state index in [2.05, 4.69) is 15.5 Å². The molecule has 1 heterocycles. The molecule has 0 aliphatic heterocycles. The van der Waals surface area contributed by atoms with Crippen LogP contribution < -0.4 is 5.32 Å². The summed E-state index contributed by atoms with van der Waals surface area (Å²) >= 11 is 5.94. The molecule has 6 nitrogen and oxygen atoms in total. The lowest BCUT2D eigenvalue weighted by molar-refractivity contribution is 0.0928. The van der Waals surface area contributed by atoms with Crippen molar-refractivity contribution in [3.63, 3.8) is 0 Å². The molecule has 0 aliphatic carbocycles. The van der Waals surface area contributed by atoms with Crippen molar-refractivity contribution in [3.05, 3.63) is 40.7 Å². The Labute approximate surface area is 127 Å². The molecule has 7 heteroatoms. The number of aromatic nitrogens is 3. The Morgan fingerprint density at radius 3 is 2.90 bits per heavy atom. The molecule has 0 bridgehead atoms. The van der Waals surface area contributed by atoms with Gasteiger partial charge in [0.2, 0.25) is 0 Å². The first kappa shape index (κ1) is 15.5. The molecule has 2 aromatic rings. The van der Waals surface area contributed by atoms with E-state index >= 15 is 0 Å². The SMILES string of the molecule is Cc1nn(-c2cccc(Cl)c2)nc1C(=O)NC(C)CCO. The van der Waals surface area contributed by atoms with Crippen LogP contribution in [0.2, 0.25) is 5.02 Å². The quantitative estimate of drug-likeness (QED) is 0.881. The van der Waals surface area contributed by atoms with Gasteiger partial charge in [0.1, 0.15) is 0 Å². The number of carbonyl (C=O) groups is 1. The van der Waals surface area contributed by atoms with Crippen molar-refractivity contribution >= 4 is 17.5 Å². The van der Waals surface area contributed by atoms with Crippen LogP contribution in [0, 0.1) is 6.92 Å². The van der Waals surface area contributed by atoms with Gasteiger partial charge in [0, 0.05) is 17.7 Å². The van der Waals surface area contributed by atoms with Gasteiger partial charge in [-0.25, -0.2) is 0 Å². The number of aliphatic hydroxyl groups is 1. The van der Waals surface area contributed by atoms with Gasteiger partial charge in [-0.3, -0.25) is 4.79 Å². The van der Waals surface area contributed by atoms with E-state index in [1.54, 1.807) is 31.2 Å². The van der Waals surface area contributed by atoms with Gasteiger partial charge in [0.05, 0.1) is 11.4 Å². The summed E-state index contributed by atoms with van der Waals surface area (Å²) in [6, 6.07) is 6.95. The number of carbonyl (C=O) groups excluding carboxylic acids is 1. The van der Waals surface area contributed by atoms with Gasteiger partial charge in [-0.15, -0.1) is 5.10 Å². The van der Waals surface area contributed by atoms with Crippen LogP contribution in [0.1, 0.15) is 29.5 Å². The van der Waals surface area contributed by atoms with E-state index in [1.165, 1.54) is 4.80 Å². The predicted octanol–water partition coefficient (Wildman–Crippen LogP) is 1.73. The highest BCUT2D eigenvalue weighted by Gasteiger charge is 2.18. The Hall–Kier alpha value is -1.92. The highest BCUT2D eigenvalue weighted by molar-refractivity contribution is 6.30. The number of aliphatic hydroxyl groups excluding tert-OH is 1. The Kier molecular flexibility index (Phi) is 4.93. The number of aryl methyl sites for hydroxylation is 1. The minimum absolute atomic E-state index is 0.0234. The second-order valence-corrected chi connectivity index (χ2v) is 5.23. The van der Waals surface area contributed by atoms with E-state index in [1.807, 2.05) is 6.92 Å². The lowest BCUT2D eigenvalue weighted by atomic mass is 10.2. The van der Waals surface area contributed by atoms with Crippen LogP contribution in [-0.4, -0.2) is 38.7 Å². The normalized spacial score (nSPS) is 12.2. The Morgan fingerprint density at radius 1 is 1.48 bits per heavy atom. The molecule has 0 fully saturated rings. The molecule has 1 unspecified atom stereocenters. The number of amides is 1. The van der Waals surface area contributed by atoms with Crippen molar-refractivity contribution in [2.24, 2.45) is 0 Å². The molecule has 2 rings (SSSR count). The summed E-state index contributed by atoms with van der Waals surface area (Å²) in [6.07, 6.45) is 0.493. The number of rotatable bonds is 5. The lowest BCUT2D eigenvalue weighted by Gasteiger charge is -2.10. The number of nitrogens with one attached hydrogen (secondary N) is 1.